The van der Waals surface area contributed by atoms with Crippen LogP contribution in [0.4, 0.5) is 0 Å². The number of benzene rings is 5. The van der Waals surface area contributed by atoms with Crippen LogP contribution in [0.1, 0.15) is 23.1 Å². The largest absolute Gasteiger partial charge is 0.478 e. The van der Waals surface area contributed by atoms with Crippen molar-refractivity contribution in [3.8, 4) is 11.8 Å². The Kier molecular flexibility index (Phi) is 6.87. The zero-order valence-electron chi connectivity index (χ0n) is 23.9. The van der Waals surface area contributed by atoms with E-state index in [0.717, 1.165) is 22.4 Å². The van der Waals surface area contributed by atoms with Gasteiger partial charge in [-0.15, -0.1) is 0 Å². The van der Waals surface area contributed by atoms with Crippen molar-refractivity contribution in [2.75, 3.05) is 0 Å². The molecule has 0 fully saturated rings. The number of hydrogen-bond acceptors (Lipinski definition) is 2. The van der Waals surface area contributed by atoms with Crippen LogP contribution in [0.2, 0.25) is 0 Å². The smallest absolute Gasteiger partial charge is 0.265 e. The Hall–Kier alpha value is -6.10. The number of hydrogen-bond donors (Lipinski definition) is 0. The molecule has 0 saturated heterocycles. The SMILES string of the molecule is [C-]#[N+]C(C#N)=C1C=C(C=Cc2ccc(-n3c4ccccc4c4ccccc43)cc2)OC(c2ccccc2)(c2ccccc2)C1. The second kappa shape index (κ2) is 11.3. The number of allylic oxidation sites excluding steroid dienone is 3. The molecule has 0 N–H and O–H groups in total. The molecule has 0 amide bonds. The molecule has 4 nitrogen and oxygen atoms in total. The van der Waals surface area contributed by atoms with Crippen LogP contribution in [0.3, 0.4) is 0 Å². The maximum absolute atomic E-state index is 9.81. The van der Waals surface area contributed by atoms with Crippen molar-refractivity contribution in [2.45, 2.75) is 12.0 Å². The fourth-order valence-electron chi connectivity index (χ4n) is 6.18. The topological polar surface area (TPSA) is 42.3 Å². The van der Waals surface area contributed by atoms with Crippen molar-refractivity contribution in [3.05, 3.63) is 191 Å². The quantitative estimate of drug-likeness (QED) is 0.154. The lowest BCUT2D eigenvalue weighted by Gasteiger charge is -2.39. The summed E-state index contributed by atoms with van der Waals surface area (Å²) in [5, 5.41) is 12.3. The molecule has 0 saturated carbocycles. The van der Waals surface area contributed by atoms with Crippen LogP contribution in [0, 0.1) is 17.9 Å². The predicted molar refractivity (Wildman–Crippen MR) is 177 cm³/mol. The first kappa shape index (κ1) is 26.8. The molecule has 2 heterocycles. The van der Waals surface area contributed by atoms with E-state index >= 15 is 0 Å². The molecule has 5 aromatic carbocycles. The summed E-state index contributed by atoms with van der Waals surface area (Å²) in [6, 6.07) is 47.6. The van der Waals surface area contributed by atoms with Crippen molar-refractivity contribution in [1.29, 1.82) is 5.26 Å². The summed E-state index contributed by atoms with van der Waals surface area (Å²) in [6.07, 6.45) is 6.13. The monoisotopic (exact) mass is 565 g/mol. The van der Waals surface area contributed by atoms with Crippen molar-refractivity contribution < 1.29 is 4.74 Å². The molecule has 1 aliphatic heterocycles. The third-order valence-corrected chi connectivity index (χ3v) is 8.22. The molecule has 208 valence electrons. The number of ether oxygens (including phenoxy) is 1. The fourth-order valence-corrected chi connectivity index (χ4v) is 6.18. The Morgan fingerprint density at radius 2 is 1.27 bits per heavy atom. The molecule has 7 rings (SSSR count). The zero-order valence-corrected chi connectivity index (χ0v) is 23.9. The lowest BCUT2D eigenvalue weighted by molar-refractivity contribution is 0.0348. The molecular formula is C40H27N3O. The Balaban J connectivity index is 1.28. The Morgan fingerprint density at radius 3 is 1.82 bits per heavy atom. The minimum absolute atomic E-state index is 0.0750. The lowest BCUT2D eigenvalue weighted by Crippen LogP contribution is -2.34. The second-order valence-corrected chi connectivity index (χ2v) is 10.8. The molecule has 0 spiro atoms. The predicted octanol–water partition coefficient (Wildman–Crippen LogP) is 9.74. The van der Waals surface area contributed by atoms with Crippen LogP contribution in [0.5, 0.6) is 0 Å². The Bertz CT molecular complexity index is 2060. The van der Waals surface area contributed by atoms with Crippen LogP contribution >= 0.6 is 0 Å². The van der Waals surface area contributed by atoms with E-state index in [4.69, 9.17) is 11.3 Å². The fraction of sp³-hybridized carbons (Fsp3) is 0.0500. The second-order valence-electron chi connectivity index (χ2n) is 10.8. The number of rotatable bonds is 5. The highest BCUT2D eigenvalue weighted by Crippen LogP contribution is 2.45. The van der Waals surface area contributed by atoms with Crippen LogP contribution in [0.15, 0.2) is 163 Å². The summed E-state index contributed by atoms with van der Waals surface area (Å²) in [4.78, 5) is 3.55. The van der Waals surface area contributed by atoms with Gasteiger partial charge < -0.3 is 9.30 Å². The van der Waals surface area contributed by atoms with E-state index in [1.807, 2.05) is 78.9 Å². The zero-order chi connectivity index (χ0) is 29.9. The first-order valence-corrected chi connectivity index (χ1v) is 14.5. The third kappa shape index (κ3) is 4.66. The van der Waals surface area contributed by atoms with Crippen molar-refractivity contribution in [1.82, 2.24) is 4.57 Å². The van der Waals surface area contributed by atoms with E-state index in [1.165, 1.54) is 21.8 Å². The third-order valence-electron chi connectivity index (χ3n) is 8.22. The molecule has 6 aromatic rings. The maximum atomic E-state index is 9.81. The summed E-state index contributed by atoms with van der Waals surface area (Å²) in [5.74, 6) is 0.585. The van der Waals surface area contributed by atoms with Gasteiger partial charge in [0.2, 0.25) is 0 Å². The van der Waals surface area contributed by atoms with Crippen LogP contribution in [-0.4, -0.2) is 4.57 Å². The van der Waals surface area contributed by atoms with Gasteiger partial charge in [0, 0.05) is 34.0 Å². The summed E-state index contributed by atoms with van der Waals surface area (Å²) in [6.45, 7) is 7.67. The lowest BCUT2D eigenvalue weighted by atomic mass is 9.79. The molecule has 0 bridgehead atoms. The molecule has 0 aliphatic carbocycles. The summed E-state index contributed by atoms with van der Waals surface area (Å²) in [7, 11) is 0. The molecule has 1 aromatic heterocycles. The van der Waals surface area contributed by atoms with Crippen LogP contribution in [-0.2, 0) is 10.3 Å². The Morgan fingerprint density at radius 1 is 0.727 bits per heavy atom. The van der Waals surface area contributed by atoms with Crippen LogP contribution in [0.25, 0.3) is 38.4 Å². The number of nitriles is 1. The first-order valence-electron chi connectivity index (χ1n) is 14.5. The number of para-hydroxylation sites is 2. The van der Waals surface area contributed by atoms with E-state index in [2.05, 4.69) is 88.3 Å². The van der Waals surface area contributed by atoms with Gasteiger partial charge in [0.15, 0.2) is 5.60 Å². The van der Waals surface area contributed by atoms with Crippen LogP contribution < -0.4 is 0 Å². The van der Waals surface area contributed by atoms with Crippen molar-refractivity contribution >= 4 is 27.9 Å². The Labute approximate surface area is 256 Å². The summed E-state index contributed by atoms with van der Waals surface area (Å²) in [5.41, 5.74) is 6.19. The van der Waals surface area contributed by atoms with Gasteiger partial charge >= 0.3 is 0 Å². The molecule has 0 radical (unpaired) electrons. The average Bonchev–Trinajstić information content (AvgIpc) is 3.43. The molecule has 0 unspecified atom stereocenters. The highest BCUT2D eigenvalue weighted by Gasteiger charge is 2.40. The molecule has 0 atom stereocenters. The molecule has 44 heavy (non-hydrogen) atoms. The average molecular weight is 566 g/mol. The summed E-state index contributed by atoms with van der Waals surface area (Å²) >= 11 is 0. The number of fused-ring (bicyclic) bond motifs is 3. The minimum Gasteiger partial charge on any atom is -0.478 e. The van der Waals surface area contributed by atoms with Gasteiger partial charge in [-0.3, -0.25) is 0 Å². The summed E-state index contributed by atoms with van der Waals surface area (Å²) < 4.78 is 9.14. The standard InChI is InChI=1S/C40H27N3O/c1-42-37(28-41)30-26-34(44-40(27-30,31-12-4-2-5-13-31)32-14-6-3-7-15-32)25-22-29-20-23-33(24-21-29)43-38-18-10-8-16-35(38)36-17-9-11-19-39(36)43/h2-26H,27H2. The van der Waals surface area contributed by atoms with E-state index in [-0.39, 0.29) is 5.70 Å². The minimum atomic E-state index is -0.889. The van der Waals surface area contributed by atoms with E-state index < -0.39 is 5.60 Å². The van der Waals surface area contributed by atoms with Gasteiger partial charge in [-0.1, -0.05) is 115 Å². The maximum Gasteiger partial charge on any atom is 0.265 e. The first-order chi connectivity index (χ1) is 21.7. The van der Waals surface area contributed by atoms with E-state index in [9.17, 15) is 5.26 Å². The van der Waals surface area contributed by atoms with Gasteiger partial charge in [-0.25, -0.2) is 10.1 Å². The van der Waals surface area contributed by atoms with Gasteiger partial charge in [-0.2, -0.15) is 0 Å². The van der Waals surface area contributed by atoms with Crippen molar-refractivity contribution in [3.63, 3.8) is 0 Å². The van der Waals surface area contributed by atoms with Gasteiger partial charge in [0.05, 0.1) is 23.7 Å². The van der Waals surface area contributed by atoms with Gasteiger partial charge in [0.25, 0.3) is 5.70 Å². The van der Waals surface area contributed by atoms with Gasteiger partial charge in [0.1, 0.15) is 5.76 Å². The van der Waals surface area contributed by atoms with E-state index in [0.29, 0.717) is 17.8 Å². The number of aromatic nitrogens is 1. The highest BCUT2D eigenvalue weighted by molar-refractivity contribution is 6.09. The van der Waals surface area contributed by atoms with E-state index in [1.54, 1.807) is 0 Å². The number of nitrogens with zero attached hydrogens (tertiary/aromatic N) is 3. The van der Waals surface area contributed by atoms with Crippen molar-refractivity contribution in [2.24, 2.45) is 0 Å². The molecule has 4 heteroatoms. The normalized spacial score (nSPS) is 15.4. The molecule has 1 aliphatic rings. The highest BCUT2D eigenvalue weighted by atomic mass is 16.5. The van der Waals surface area contributed by atoms with Gasteiger partial charge in [-0.05, 0) is 47.6 Å². The molecular weight excluding hydrogens is 538 g/mol.